The summed E-state index contributed by atoms with van der Waals surface area (Å²) in [6.07, 6.45) is 0. The molecule has 0 unspecified atom stereocenters. The molecule has 0 N–H and O–H groups in total. The van der Waals surface area contributed by atoms with Crippen LogP contribution in [0.3, 0.4) is 0 Å². The van der Waals surface area contributed by atoms with Crippen LogP contribution >= 0.6 is 10.7 Å². The van der Waals surface area contributed by atoms with Crippen LogP contribution in [-0.2, 0) is 9.05 Å². The number of halogens is 2. The topological polar surface area (TPSA) is 43.4 Å². The summed E-state index contributed by atoms with van der Waals surface area (Å²) in [6.45, 7) is 2.70. The van der Waals surface area contributed by atoms with Crippen LogP contribution in [0.2, 0.25) is 0 Å². The molecule has 0 spiro atoms. The molecule has 6 heteroatoms. The summed E-state index contributed by atoms with van der Waals surface area (Å²) in [5.41, 5.74) is 1.17. The van der Waals surface area contributed by atoms with Gasteiger partial charge in [-0.3, -0.25) is 0 Å². The molecule has 0 heterocycles. The molecule has 1 rings (SSSR count). The molecule has 3 nitrogen and oxygen atoms in total. The number of hydrogen-bond acceptors (Lipinski definition) is 3. The molecule has 90 valence electrons. The first-order chi connectivity index (χ1) is 7.38. The summed E-state index contributed by atoms with van der Waals surface area (Å²) in [7, 11) is 1.51. The van der Waals surface area contributed by atoms with Gasteiger partial charge < -0.3 is 4.74 Å². The average molecular weight is 267 g/mol. The van der Waals surface area contributed by atoms with E-state index in [2.05, 4.69) is 0 Å². The van der Waals surface area contributed by atoms with Crippen molar-refractivity contribution < 1.29 is 17.5 Å². The molecule has 0 fully saturated rings. The highest BCUT2D eigenvalue weighted by Gasteiger charge is 2.16. The third-order valence-electron chi connectivity index (χ3n) is 2.29. The number of ether oxygens (including phenoxy) is 1. The molecule has 0 aromatic heterocycles. The Morgan fingerprint density at radius 3 is 2.44 bits per heavy atom. The van der Waals surface area contributed by atoms with E-state index in [9.17, 15) is 12.8 Å². The maximum atomic E-state index is 11.9. The zero-order chi connectivity index (χ0) is 12.3. The second kappa shape index (κ2) is 5.01. The highest BCUT2D eigenvalue weighted by molar-refractivity contribution is 8.13. The molecule has 0 saturated carbocycles. The zero-order valence-corrected chi connectivity index (χ0v) is 10.5. The first-order valence-corrected chi connectivity index (χ1v) is 6.92. The van der Waals surface area contributed by atoms with Crippen LogP contribution in [0, 0.1) is 13.8 Å². The van der Waals surface area contributed by atoms with E-state index in [0.29, 0.717) is 16.9 Å². The van der Waals surface area contributed by atoms with Gasteiger partial charge >= 0.3 is 0 Å². The van der Waals surface area contributed by atoms with E-state index >= 15 is 0 Å². The first kappa shape index (κ1) is 13.3. The summed E-state index contributed by atoms with van der Waals surface area (Å²) in [6, 6.07) is 2.84. The van der Waals surface area contributed by atoms with Gasteiger partial charge in [0.05, 0.1) is 4.90 Å². The zero-order valence-electron chi connectivity index (χ0n) is 8.96. The lowest BCUT2D eigenvalue weighted by atomic mass is 10.1. The summed E-state index contributed by atoms with van der Waals surface area (Å²) in [5.74, 6) is 0.471. The molecule has 0 atom stereocenters. The molecular formula is C10H12ClFO3S. The van der Waals surface area contributed by atoms with E-state index in [-0.39, 0.29) is 11.5 Å². The Hall–Kier alpha value is -0.810. The van der Waals surface area contributed by atoms with Crippen molar-refractivity contribution in [3.63, 3.8) is 0 Å². The van der Waals surface area contributed by atoms with Gasteiger partial charge in [-0.25, -0.2) is 12.8 Å². The van der Waals surface area contributed by atoms with E-state index in [1.54, 1.807) is 13.8 Å². The standard InChI is InChI=1S/C10H12ClFO3S/c1-7-8(2)10(16(11,13)14)4-3-9(7)15-6-5-12/h3-4H,5-6H2,1-2H3. The van der Waals surface area contributed by atoms with Gasteiger partial charge in [0.1, 0.15) is 19.0 Å². The minimum atomic E-state index is -3.75. The van der Waals surface area contributed by atoms with Gasteiger partial charge in [-0.2, -0.15) is 0 Å². The molecule has 0 saturated heterocycles. The first-order valence-electron chi connectivity index (χ1n) is 4.61. The van der Waals surface area contributed by atoms with Gasteiger partial charge in [-0.05, 0) is 37.1 Å². The van der Waals surface area contributed by atoms with E-state index < -0.39 is 15.7 Å². The third kappa shape index (κ3) is 2.86. The van der Waals surface area contributed by atoms with Gasteiger partial charge in [0.2, 0.25) is 0 Å². The second-order valence-corrected chi connectivity index (χ2v) is 5.82. The largest absolute Gasteiger partial charge is 0.491 e. The predicted molar refractivity (Wildman–Crippen MR) is 60.4 cm³/mol. The van der Waals surface area contributed by atoms with Crippen molar-refractivity contribution in [2.24, 2.45) is 0 Å². The van der Waals surface area contributed by atoms with E-state index in [0.717, 1.165) is 0 Å². The minimum Gasteiger partial charge on any atom is -0.491 e. The van der Waals surface area contributed by atoms with Crippen molar-refractivity contribution >= 4 is 19.7 Å². The van der Waals surface area contributed by atoms with Crippen LogP contribution in [0.15, 0.2) is 17.0 Å². The summed E-state index contributed by atoms with van der Waals surface area (Å²) in [4.78, 5) is 0.0549. The molecule has 0 aliphatic heterocycles. The molecule has 0 aliphatic rings. The third-order valence-corrected chi connectivity index (χ3v) is 3.75. The molecule has 0 aliphatic carbocycles. The lowest BCUT2D eigenvalue weighted by Gasteiger charge is -2.11. The molecule has 1 aromatic rings. The van der Waals surface area contributed by atoms with Crippen LogP contribution in [0.25, 0.3) is 0 Å². The smallest absolute Gasteiger partial charge is 0.261 e. The summed E-state index contributed by atoms with van der Waals surface area (Å²) in [5, 5.41) is 0. The molecule has 16 heavy (non-hydrogen) atoms. The monoisotopic (exact) mass is 266 g/mol. The lowest BCUT2D eigenvalue weighted by Crippen LogP contribution is -2.03. The van der Waals surface area contributed by atoms with Crippen molar-refractivity contribution in [2.75, 3.05) is 13.3 Å². The highest BCUT2D eigenvalue weighted by atomic mass is 35.7. The van der Waals surface area contributed by atoms with Crippen LogP contribution in [0.1, 0.15) is 11.1 Å². The Kier molecular flexibility index (Phi) is 4.15. The van der Waals surface area contributed by atoms with Crippen LogP contribution in [0.4, 0.5) is 4.39 Å². The van der Waals surface area contributed by atoms with Gasteiger partial charge in [0.25, 0.3) is 9.05 Å². The van der Waals surface area contributed by atoms with E-state index in [1.165, 1.54) is 12.1 Å². The Morgan fingerprint density at radius 1 is 1.31 bits per heavy atom. The SMILES string of the molecule is Cc1c(OCCF)ccc(S(=O)(=O)Cl)c1C. The van der Waals surface area contributed by atoms with E-state index in [4.69, 9.17) is 15.4 Å². The molecule has 1 aromatic carbocycles. The van der Waals surface area contributed by atoms with Crippen molar-refractivity contribution in [1.82, 2.24) is 0 Å². The fourth-order valence-corrected chi connectivity index (χ4v) is 2.59. The molecule has 0 amide bonds. The Balaban J connectivity index is 3.19. The summed E-state index contributed by atoms with van der Waals surface area (Å²) >= 11 is 0. The van der Waals surface area contributed by atoms with Crippen LogP contribution in [-0.4, -0.2) is 21.7 Å². The van der Waals surface area contributed by atoms with Crippen molar-refractivity contribution in [2.45, 2.75) is 18.7 Å². The Labute approximate surface area is 98.6 Å². The van der Waals surface area contributed by atoms with Gasteiger partial charge in [0, 0.05) is 10.7 Å². The fraction of sp³-hybridized carbons (Fsp3) is 0.400. The quantitative estimate of drug-likeness (QED) is 0.787. The number of alkyl halides is 1. The lowest BCUT2D eigenvalue weighted by molar-refractivity contribution is 0.271. The van der Waals surface area contributed by atoms with E-state index in [1.807, 2.05) is 0 Å². The van der Waals surface area contributed by atoms with Crippen LogP contribution in [0.5, 0.6) is 5.75 Å². The maximum absolute atomic E-state index is 11.9. The Bertz CT molecular complexity index is 485. The van der Waals surface area contributed by atoms with Crippen molar-refractivity contribution in [1.29, 1.82) is 0 Å². The van der Waals surface area contributed by atoms with Gasteiger partial charge in [-0.15, -0.1) is 0 Å². The van der Waals surface area contributed by atoms with Crippen molar-refractivity contribution in [3.8, 4) is 5.75 Å². The van der Waals surface area contributed by atoms with Crippen LogP contribution < -0.4 is 4.74 Å². The second-order valence-electron chi connectivity index (χ2n) is 3.29. The Morgan fingerprint density at radius 2 is 1.94 bits per heavy atom. The average Bonchev–Trinajstić information content (AvgIpc) is 2.18. The minimum absolute atomic E-state index is 0.0484. The van der Waals surface area contributed by atoms with Crippen molar-refractivity contribution in [3.05, 3.63) is 23.3 Å². The molecule has 0 radical (unpaired) electrons. The molecule has 0 bridgehead atoms. The number of benzene rings is 1. The highest BCUT2D eigenvalue weighted by Crippen LogP contribution is 2.28. The predicted octanol–water partition coefficient (Wildman–Crippen LogP) is 2.58. The normalized spacial score (nSPS) is 11.5. The fourth-order valence-electron chi connectivity index (χ4n) is 1.34. The maximum Gasteiger partial charge on any atom is 0.261 e. The van der Waals surface area contributed by atoms with Gasteiger partial charge in [0.15, 0.2) is 0 Å². The number of rotatable bonds is 4. The number of hydrogen-bond donors (Lipinski definition) is 0. The summed E-state index contributed by atoms with van der Waals surface area (Å²) < 4.78 is 39.5. The molecular weight excluding hydrogens is 255 g/mol. The van der Waals surface area contributed by atoms with Gasteiger partial charge in [-0.1, -0.05) is 0 Å².